The van der Waals surface area contributed by atoms with Crippen molar-refractivity contribution < 1.29 is 9.47 Å². The van der Waals surface area contributed by atoms with Crippen LogP contribution in [0.1, 0.15) is 33.6 Å². The van der Waals surface area contributed by atoms with Gasteiger partial charge in [0.1, 0.15) is 0 Å². The average Bonchev–Trinajstić information content (AvgIpc) is 2.33. The van der Waals surface area contributed by atoms with Crippen molar-refractivity contribution in [2.45, 2.75) is 33.6 Å². The Kier molecular flexibility index (Phi) is 10.6. The highest BCUT2D eigenvalue weighted by molar-refractivity contribution is 4.74. The summed E-state index contributed by atoms with van der Waals surface area (Å²) >= 11 is 0. The van der Waals surface area contributed by atoms with Gasteiger partial charge >= 0.3 is 0 Å². The first-order chi connectivity index (χ1) is 8.55. The van der Waals surface area contributed by atoms with Gasteiger partial charge in [0.25, 0.3) is 0 Å². The molecule has 2 N–H and O–H groups in total. The molecule has 4 nitrogen and oxygen atoms in total. The fourth-order valence-corrected chi connectivity index (χ4v) is 1.89. The van der Waals surface area contributed by atoms with E-state index in [4.69, 9.17) is 15.2 Å². The zero-order chi connectivity index (χ0) is 13.9. The molecule has 0 aromatic carbocycles. The average molecular weight is 260 g/mol. The highest BCUT2D eigenvalue weighted by atomic mass is 16.5. The summed E-state index contributed by atoms with van der Waals surface area (Å²) in [5.41, 5.74) is 6.00. The van der Waals surface area contributed by atoms with Gasteiger partial charge in [0.05, 0.1) is 13.2 Å². The Morgan fingerprint density at radius 1 is 1.11 bits per heavy atom. The third kappa shape index (κ3) is 9.83. The molecule has 0 radical (unpaired) electrons. The quantitative estimate of drug-likeness (QED) is 0.543. The van der Waals surface area contributed by atoms with E-state index in [0.717, 1.165) is 39.2 Å². The molecule has 110 valence electrons. The van der Waals surface area contributed by atoms with Crippen molar-refractivity contribution in [1.82, 2.24) is 4.90 Å². The van der Waals surface area contributed by atoms with Gasteiger partial charge in [-0.15, -0.1) is 0 Å². The van der Waals surface area contributed by atoms with Crippen LogP contribution in [0.3, 0.4) is 0 Å². The van der Waals surface area contributed by atoms with Crippen LogP contribution in [0.2, 0.25) is 0 Å². The maximum Gasteiger partial charge on any atom is 0.0700 e. The van der Waals surface area contributed by atoms with Crippen LogP contribution in [-0.2, 0) is 9.47 Å². The van der Waals surface area contributed by atoms with E-state index >= 15 is 0 Å². The Labute approximate surface area is 113 Å². The van der Waals surface area contributed by atoms with Crippen LogP contribution in [0.15, 0.2) is 0 Å². The SMILES string of the molecule is CCCN(CCCOCCOC)CC(C)(C)CN. The molecule has 0 aliphatic heterocycles. The lowest BCUT2D eigenvalue weighted by Gasteiger charge is -2.31. The molecule has 0 saturated carbocycles. The molecule has 18 heavy (non-hydrogen) atoms. The topological polar surface area (TPSA) is 47.7 Å². The van der Waals surface area contributed by atoms with Crippen molar-refractivity contribution in [2.75, 3.05) is 53.1 Å². The fraction of sp³-hybridized carbons (Fsp3) is 1.00. The minimum atomic E-state index is 0.200. The van der Waals surface area contributed by atoms with E-state index in [2.05, 4.69) is 25.7 Å². The molecule has 0 aliphatic rings. The molecule has 0 rings (SSSR count). The molecular formula is C14H32N2O2. The predicted molar refractivity (Wildman–Crippen MR) is 76.9 cm³/mol. The molecule has 0 spiro atoms. The molecule has 0 aromatic rings. The maximum absolute atomic E-state index is 5.80. The minimum absolute atomic E-state index is 0.200. The molecule has 0 aromatic heterocycles. The predicted octanol–water partition coefficient (Wildman–Crippen LogP) is 1.74. The summed E-state index contributed by atoms with van der Waals surface area (Å²) in [7, 11) is 1.70. The number of rotatable bonds is 12. The summed E-state index contributed by atoms with van der Waals surface area (Å²) in [6.45, 7) is 12.9. The van der Waals surface area contributed by atoms with Crippen molar-refractivity contribution in [1.29, 1.82) is 0 Å². The Morgan fingerprint density at radius 3 is 2.39 bits per heavy atom. The lowest BCUT2D eigenvalue weighted by atomic mass is 9.93. The Balaban J connectivity index is 3.76. The largest absolute Gasteiger partial charge is 0.382 e. The molecule has 0 amide bonds. The van der Waals surface area contributed by atoms with Gasteiger partial charge in [-0.3, -0.25) is 0 Å². The molecule has 4 heteroatoms. The Hall–Kier alpha value is -0.160. The summed E-state index contributed by atoms with van der Waals surface area (Å²) in [6, 6.07) is 0. The number of nitrogens with two attached hydrogens (primary N) is 1. The third-order valence-corrected chi connectivity index (χ3v) is 2.94. The van der Waals surface area contributed by atoms with Crippen molar-refractivity contribution >= 4 is 0 Å². The van der Waals surface area contributed by atoms with Gasteiger partial charge < -0.3 is 20.1 Å². The van der Waals surface area contributed by atoms with E-state index < -0.39 is 0 Å². The van der Waals surface area contributed by atoms with Crippen LogP contribution in [0.25, 0.3) is 0 Å². The van der Waals surface area contributed by atoms with E-state index in [9.17, 15) is 0 Å². The molecule has 0 aliphatic carbocycles. The maximum atomic E-state index is 5.80. The number of hydrogen-bond acceptors (Lipinski definition) is 4. The molecule has 0 atom stereocenters. The third-order valence-electron chi connectivity index (χ3n) is 2.94. The number of ether oxygens (including phenoxy) is 2. The fourth-order valence-electron chi connectivity index (χ4n) is 1.89. The monoisotopic (exact) mass is 260 g/mol. The minimum Gasteiger partial charge on any atom is -0.382 e. The van der Waals surface area contributed by atoms with Gasteiger partial charge in [0, 0.05) is 26.8 Å². The Morgan fingerprint density at radius 2 is 1.83 bits per heavy atom. The second-order valence-electron chi connectivity index (χ2n) is 5.60. The summed E-state index contributed by atoms with van der Waals surface area (Å²) in [6.07, 6.45) is 2.26. The highest BCUT2D eigenvalue weighted by Gasteiger charge is 2.19. The van der Waals surface area contributed by atoms with Gasteiger partial charge in [-0.2, -0.15) is 0 Å². The van der Waals surface area contributed by atoms with Crippen molar-refractivity contribution in [2.24, 2.45) is 11.1 Å². The van der Waals surface area contributed by atoms with E-state index in [1.165, 1.54) is 6.42 Å². The highest BCUT2D eigenvalue weighted by Crippen LogP contribution is 2.15. The number of hydrogen-bond donors (Lipinski definition) is 1. The summed E-state index contributed by atoms with van der Waals surface area (Å²) in [5, 5.41) is 0. The summed E-state index contributed by atoms with van der Waals surface area (Å²) in [5.74, 6) is 0. The van der Waals surface area contributed by atoms with Gasteiger partial charge in [0.2, 0.25) is 0 Å². The lowest BCUT2D eigenvalue weighted by Crippen LogP contribution is -2.39. The van der Waals surface area contributed by atoms with Crippen LogP contribution in [0.4, 0.5) is 0 Å². The van der Waals surface area contributed by atoms with Gasteiger partial charge in [-0.25, -0.2) is 0 Å². The zero-order valence-electron chi connectivity index (χ0n) is 12.7. The van der Waals surface area contributed by atoms with Crippen molar-refractivity contribution in [3.8, 4) is 0 Å². The smallest absolute Gasteiger partial charge is 0.0700 e. The van der Waals surface area contributed by atoms with Gasteiger partial charge in [-0.05, 0) is 31.3 Å². The van der Waals surface area contributed by atoms with Gasteiger partial charge in [-0.1, -0.05) is 20.8 Å². The lowest BCUT2D eigenvalue weighted by molar-refractivity contribution is 0.0630. The first kappa shape index (κ1) is 17.8. The molecule has 0 unspecified atom stereocenters. The summed E-state index contributed by atoms with van der Waals surface area (Å²) < 4.78 is 10.4. The van der Waals surface area contributed by atoms with Crippen molar-refractivity contribution in [3.05, 3.63) is 0 Å². The molecule has 0 fully saturated rings. The van der Waals surface area contributed by atoms with E-state index in [0.29, 0.717) is 13.2 Å². The van der Waals surface area contributed by atoms with Crippen LogP contribution < -0.4 is 5.73 Å². The van der Waals surface area contributed by atoms with Crippen molar-refractivity contribution in [3.63, 3.8) is 0 Å². The number of nitrogens with zero attached hydrogens (tertiary/aromatic N) is 1. The van der Waals surface area contributed by atoms with Crippen LogP contribution in [0, 0.1) is 5.41 Å². The molecular weight excluding hydrogens is 228 g/mol. The molecule has 0 heterocycles. The van der Waals surface area contributed by atoms with Crippen LogP contribution in [-0.4, -0.2) is 58.0 Å². The zero-order valence-corrected chi connectivity index (χ0v) is 12.7. The second-order valence-corrected chi connectivity index (χ2v) is 5.60. The first-order valence-corrected chi connectivity index (χ1v) is 7.05. The van der Waals surface area contributed by atoms with E-state index in [1.54, 1.807) is 7.11 Å². The Bertz CT molecular complexity index is 187. The van der Waals surface area contributed by atoms with Crippen LogP contribution in [0.5, 0.6) is 0 Å². The molecule has 0 bridgehead atoms. The summed E-state index contributed by atoms with van der Waals surface area (Å²) in [4.78, 5) is 2.49. The standard InChI is InChI=1S/C14H32N2O2/c1-5-7-16(13-14(2,3)12-15)8-6-9-18-11-10-17-4/h5-13,15H2,1-4H3. The van der Waals surface area contributed by atoms with E-state index in [-0.39, 0.29) is 5.41 Å². The number of methoxy groups -OCH3 is 1. The second kappa shape index (κ2) is 10.7. The van der Waals surface area contributed by atoms with Gasteiger partial charge in [0.15, 0.2) is 0 Å². The van der Waals surface area contributed by atoms with E-state index in [1.807, 2.05) is 0 Å². The first-order valence-electron chi connectivity index (χ1n) is 7.05. The molecule has 0 saturated heterocycles. The normalized spacial score (nSPS) is 12.3. The van der Waals surface area contributed by atoms with Crippen LogP contribution >= 0.6 is 0 Å².